The molecular formula is C37H42O8. The lowest BCUT2D eigenvalue weighted by atomic mass is 9.83. The summed E-state index contributed by atoms with van der Waals surface area (Å²) in [6.45, 7) is 3.43. The van der Waals surface area contributed by atoms with E-state index in [1.54, 1.807) is 0 Å². The molecule has 0 radical (unpaired) electrons. The molecule has 0 bridgehead atoms. The summed E-state index contributed by atoms with van der Waals surface area (Å²) in [5.41, 5.74) is 3.58. The summed E-state index contributed by atoms with van der Waals surface area (Å²) in [5.74, 6) is 0.738. The summed E-state index contributed by atoms with van der Waals surface area (Å²) < 4.78 is 43.4. The summed E-state index contributed by atoms with van der Waals surface area (Å²) in [7, 11) is 4.58. The zero-order chi connectivity index (χ0) is 31.6. The Labute approximate surface area is 265 Å². The van der Waals surface area contributed by atoms with Gasteiger partial charge in [0.1, 0.15) is 18.0 Å². The van der Waals surface area contributed by atoms with E-state index in [-0.39, 0.29) is 18.3 Å². The summed E-state index contributed by atoms with van der Waals surface area (Å²) in [4.78, 5) is 0. The van der Waals surface area contributed by atoms with Gasteiger partial charge in [0.25, 0.3) is 0 Å². The fourth-order valence-electron chi connectivity index (χ4n) is 5.83. The van der Waals surface area contributed by atoms with Crippen LogP contribution in [-0.4, -0.2) is 51.4 Å². The van der Waals surface area contributed by atoms with E-state index in [0.717, 1.165) is 16.7 Å². The van der Waals surface area contributed by atoms with E-state index in [4.69, 9.17) is 33.2 Å². The quantitative estimate of drug-likeness (QED) is 0.165. The molecule has 1 aliphatic heterocycles. The van der Waals surface area contributed by atoms with Crippen LogP contribution in [-0.2, 0) is 38.8 Å². The Balaban J connectivity index is 1.51. The van der Waals surface area contributed by atoms with E-state index in [1.165, 1.54) is 27.4 Å². The minimum atomic E-state index is -0.651. The lowest BCUT2D eigenvalue weighted by Crippen LogP contribution is -2.54. The van der Waals surface area contributed by atoms with Crippen molar-refractivity contribution in [3.8, 4) is 23.0 Å². The van der Waals surface area contributed by atoms with Crippen LogP contribution in [0.25, 0.3) is 0 Å². The molecule has 45 heavy (non-hydrogen) atoms. The average molecular weight is 615 g/mol. The van der Waals surface area contributed by atoms with Crippen molar-refractivity contribution in [1.29, 1.82) is 0 Å². The normalized spacial score (nSPS) is 21.3. The van der Waals surface area contributed by atoms with Gasteiger partial charge in [0, 0.05) is 12.0 Å². The fourth-order valence-corrected chi connectivity index (χ4v) is 5.83. The van der Waals surface area contributed by atoms with Crippen LogP contribution in [0.15, 0.2) is 97.1 Å². The lowest BCUT2D eigenvalue weighted by Gasteiger charge is -2.46. The van der Waals surface area contributed by atoms with Crippen LogP contribution in [0, 0.1) is 5.92 Å². The predicted molar refractivity (Wildman–Crippen MR) is 171 cm³/mol. The highest BCUT2D eigenvalue weighted by molar-refractivity contribution is 5.62. The third-order valence-corrected chi connectivity index (χ3v) is 8.10. The number of phenols is 1. The van der Waals surface area contributed by atoms with Crippen molar-refractivity contribution in [2.45, 2.75) is 51.2 Å². The van der Waals surface area contributed by atoms with Gasteiger partial charge in [-0.25, -0.2) is 0 Å². The molecule has 1 N–H and O–H groups in total. The van der Waals surface area contributed by atoms with E-state index < -0.39 is 24.4 Å². The molecule has 0 unspecified atom stereocenters. The van der Waals surface area contributed by atoms with Crippen LogP contribution in [0.1, 0.15) is 35.3 Å². The van der Waals surface area contributed by atoms with Crippen molar-refractivity contribution in [2.24, 2.45) is 5.92 Å². The van der Waals surface area contributed by atoms with E-state index in [2.05, 4.69) is 0 Å². The molecule has 0 saturated carbocycles. The zero-order valence-electron chi connectivity index (χ0n) is 26.3. The van der Waals surface area contributed by atoms with E-state index >= 15 is 0 Å². The van der Waals surface area contributed by atoms with Crippen LogP contribution in [0.4, 0.5) is 0 Å². The first-order valence-electron chi connectivity index (χ1n) is 15.1. The summed E-state index contributed by atoms with van der Waals surface area (Å²) in [6, 6.07) is 31.6. The molecule has 8 nitrogen and oxygen atoms in total. The fraction of sp³-hybridized carbons (Fsp3) is 0.351. The van der Waals surface area contributed by atoms with Gasteiger partial charge < -0.3 is 38.3 Å². The molecule has 8 heteroatoms. The predicted octanol–water partition coefficient (Wildman–Crippen LogP) is 6.88. The Kier molecular flexibility index (Phi) is 11.3. The molecular weight excluding hydrogens is 572 g/mol. The SMILES string of the molecule is COc1cc(O)c([C@H]2O[C@H](COCc3ccccc3)[C@@H](OCc3ccccc3)[C@H](OCc3ccccc3)[C@@H]2C)c(OC)c1OC. The third-order valence-electron chi connectivity index (χ3n) is 8.10. The van der Waals surface area contributed by atoms with Crippen LogP contribution in [0.3, 0.4) is 0 Å². The summed E-state index contributed by atoms with van der Waals surface area (Å²) in [6.07, 6.45) is -2.11. The number of ether oxygens (including phenoxy) is 7. The van der Waals surface area contributed by atoms with Gasteiger partial charge in [-0.1, -0.05) is 97.9 Å². The number of methoxy groups -OCH3 is 3. The largest absolute Gasteiger partial charge is 0.507 e. The van der Waals surface area contributed by atoms with Crippen LogP contribution in [0.2, 0.25) is 0 Å². The number of phenolic OH excluding ortho intramolecular Hbond substituents is 1. The topological polar surface area (TPSA) is 84.8 Å². The molecule has 4 aromatic carbocycles. The lowest BCUT2D eigenvalue weighted by molar-refractivity contribution is -0.245. The van der Waals surface area contributed by atoms with Crippen LogP contribution in [0.5, 0.6) is 23.0 Å². The number of hydrogen-bond acceptors (Lipinski definition) is 8. The number of hydrogen-bond donors (Lipinski definition) is 1. The van der Waals surface area contributed by atoms with Gasteiger partial charge in [-0.2, -0.15) is 0 Å². The Morgan fingerprint density at radius 2 is 1.16 bits per heavy atom. The Morgan fingerprint density at radius 3 is 1.67 bits per heavy atom. The molecule has 1 saturated heterocycles. The molecule has 1 fully saturated rings. The second kappa shape index (κ2) is 15.8. The molecule has 0 aromatic heterocycles. The van der Waals surface area contributed by atoms with Gasteiger partial charge in [-0.15, -0.1) is 0 Å². The van der Waals surface area contributed by atoms with Crippen LogP contribution < -0.4 is 14.2 Å². The first-order chi connectivity index (χ1) is 22.0. The van der Waals surface area contributed by atoms with E-state index in [1.807, 2.05) is 97.9 Å². The standard InChI is InChI=1S/C37H42O8/c1-25-33(32-29(38)20-30(39-2)35(40-3)37(32)41-4)45-31(24-42-21-26-14-8-5-9-15-26)36(44-23-28-18-12-7-13-19-28)34(25)43-22-27-16-10-6-11-17-27/h5-20,25,31,33-34,36,38H,21-24H2,1-4H3/t25-,31-,33+,34-,36-/m1/s1. The van der Waals surface area contributed by atoms with Crippen molar-refractivity contribution < 1.29 is 38.3 Å². The number of rotatable bonds is 14. The van der Waals surface area contributed by atoms with Crippen molar-refractivity contribution in [2.75, 3.05) is 27.9 Å². The highest BCUT2D eigenvalue weighted by Crippen LogP contribution is 2.52. The molecule has 238 valence electrons. The van der Waals surface area contributed by atoms with E-state index in [0.29, 0.717) is 42.6 Å². The van der Waals surface area contributed by atoms with Gasteiger partial charge in [0.05, 0.1) is 65.5 Å². The second-order valence-electron chi connectivity index (χ2n) is 11.1. The van der Waals surface area contributed by atoms with Gasteiger partial charge in [-0.05, 0) is 16.7 Å². The van der Waals surface area contributed by atoms with E-state index in [9.17, 15) is 5.11 Å². The number of benzene rings is 4. The monoisotopic (exact) mass is 614 g/mol. The summed E-state index contributed by atoms with van der Waals surface area (Å²) in [5, 5.41) is 11.3. The van der Waals surface area contributed by atoms with Crippen LogP contribution >= 0.6 is 0 Å². The molecule has 5 atom stereocenters. The molecule has 1 aliphatic rings. The first-order valence-corrected chi connectivity index (χ1v) is 15.1. The van der Waals surface area contributed by atoms with Gasteiger partial charge in [0.2, 0.25) is 5.75 Å². The molecule has 0 amide bonds. The van der Waals surface area contributed by atoms with Gasteiger partial charge >= 0.3 is 0 Å². The van der Waals surface area contributed by atoms with Crippen molar-refractivity contribution in [1.82, 2.24) is 0 Å². The minimum Gasteiger partial charge on any atom is -0.507 e. The van der Waals surface area contributed by atoms with Gasteiger partial charge in [-0.3, -0.25) is 0 Å². The van der Waals surface area contributed by atoms with Crippen molar-refractivity contribution >= 4 is 0 Å². The maximum absolute atomic E-state index is 11.3. The minimum absolute atomic E-state index is 0.0317. The smallest absolute Gasteiger partial charge is 0.203 e. The zero-order valence-corrected chi connectivity index (χ0v) is 26.3. The maximum Gasteiger partial charge on any atom is 0.203 e. The first kappa shape index (κ1) is 32.3. The van der Waals surface area contributed by atoms with Crippen molar-refractivity contribution in [3.63, 3.8) is 0 Å². The maximum atomic E-state index is 11.3. The Hall–Kier alpha value is -4.08. The Bertz CT molecular complexity index is 1460. The molecule has 1 heterocycles. The molecule has 4 aromatic rings. The molecule has 0 spiro atoms. The van der Waals surface area contributed by atoms with Crippen molar-refractivity contribution in [3.05, 3.63) is 119 Å². The molecule has 0 aliphatic carbocycles. The Morgan fingerprint density at radius 1 is 0.644 bits per heavy atom. The average Bonchev–Trinajstić information content (AvgIpc) is 3.08. The number of aromatic hydroxyl groups is 1. The van der Waals surface area contributed by atoms with Gasteiger partial charge in [0.15, 0.2) is 11.5 Å². The second-order valence-corrected chi connectivity index (χ2v) is 11.1. The third kappa shape index (κ3) is 7.78. The highest BCUT2D eigenvalue weighted by atomic mass is 16.6. The highest BCUT2D eigenvalue weighted by Gasteiger charge is 2.48. The molecule has 5 rings (SSSR count). The summed E-state index contributed by atoms with van der Waals surface area (Å²) >= 11 is 0.